The fourth-order valence-corrected chi connectivity index (χ4v) is 3.79. The number of hydrogen-bond donors (Lipinski definition) is 1. The number of likely N-dealkylation sites (N-methyl/N-ethyl adjacent to an activating group) is 1. The van der Waals surface area contributed by atoms with E-state index in [2.05, 4.69) is 33.3 Å². The molecule has 1 aromatic rings. The van der Waals surface area contributed by atoms with Crippen molar-refractivity contribution in [2.45, 2.75) is 46.7 Å². The molecule has 2 heterocycles. The quantitative estimate of drug-likeness (QED) is 0.147. The topological polar surface area (TPSA) is 70.2 Å². The normalized spacial score (nSPS) is 16.9. The van der Waals surface area contributed by atoms with E-state index in [4.69, 9.17) is 10.5 Å². The van der Waals surface area contributed by atoms with Crippen molar-refractivity contribution in [1.82, 2.24) is 19.7 Å². The van der Waals surface area contributed by atoms with Gasteiger partial charge in [0.1, 0.15) is 12.0 Å². The summed E-state index contributed by atoms with van der Waals surface area (Å²) >= 11 is 0. The molecular weight excluding hydrogens is 486 g/mol. The Bertz CT molecular complexity index is 1020. The molecule has 0 aromatic carbocycles. The van der Waals surface area contributed by atoms with E-state index in [1.54, 1.807) is 35.6 Å². The van der Waals surface area contributed by atoms with Gasteiger partial charge in [0.05, 0.1) is 6.61 Å². The van der Waals surface area contributed by atoms with Crippen LogP contribution in [0, 0.1) is 0 Å². The molecular formula is C29H42F2N6O. The van der Waals surface area contributed by atoms with E-state index in [0.29, 0.717) is 6.61 Å². The summed E-state index contributed by atoms with van der Waals surface area (Å²) in [6.45, 7) is 18.2. The summed E-state index contributed by atoms with van der Waals surface area (Å²) in [7, 11) is 0. The van der Waals surface area contributed by atoms with Crippen LogP contribution >= 0.6 is 0 Å². The molecule has 7 nitrogen and oxygen atoms in total. The molecule has 9 heteroatoms. The molecule has 0 amide bonds. The van der Waals surface area contributed by atoms with Crippen molar-refractivity contribution >= 4 is 11.5 Å². The maximum atomic E-state index is 15.0. The zero-order chi connectivity index (χ0) is 27.9. The number of aromatic nitrogens is 1. The number of allylic oxidation sites excluding steroid dienone is 5. The fourth-order valence-electron chi connectivity index (χ4n) is 3.79. The van der Waals surface area contributed by atoms with Gasteiger partial charge in [-0.2, -0.15) is 0 Å². The Balaban J connectivity index is 2.36. The number of piperazine rings is 1. The molecule has 0 saturated carbocycles. The molecule has 2 rings (SSSR count). The maximum absolute atomic E-state index is 15.0. The molecule has 1 aliphatic rings. The second kappa shape index (κ2) is 16.5. The molecule has 0 aliphatic carbocycles. The number of halogens is 2. The van der Waals surface area contributed by atoms with Gasteiger partial charge >= 0.3 is 0 Å². The van der Waals surface area contributed by atoms with Crippen molar-refractivity contribution in [3.8, 4) is 0 Å². The van der Waals surface area contributed by atoms with Gasteiger partial charge in [-0.05, 0) is 56.8 Å². The summed E-state index contributed by atoms with van der Waals surface area (Å²) in [5, 5.41) is 0. The Morgan fingerprint density at radius 2 is 1.92 bits per heavy atom. The number of hydrogen-bond acceptors (Lipinski definition) is 7. The van der Waals surface area contributed by atoms with E-state index in [1.165, 1.54) is 0 Å². The van der Waals surface area contributed by atoms with Crippen LogP contribution in [0.4, 0.5) is 14.6 Å². The maximum Gasteiger partial charge on any atom is 0.164 e. The van der Waals surface area contributed by atoms with Gasteiger partial charge in [0.2, 0.25) is 0 Å². The first-order chi connectivity index (χ1) is 18.3. The third kappa shape index (κ3) is 10.2. The van der Waals surface area contributed by atoms with Crippen LogP contribution in [0.25, 0.3) is 0 Å². The smallest absolute Gasteiger partial charge is 0.164 e. The van der Waals surface area contributed by atoms with Crippen molar-refractivity contribution in [1.29, 1.82) is 0 Å². The van der Waals surface area contributed by atoms with Crippen LogP contribution in [0.15, 0.2) is 84.1 Å². The number of rotatable bonds is 14. The first kappa shape index (κ1) is 30.9. The lowest BCUT2D eigenvalue weighted by molar-refractivity contribution is 0.132. The van der Waals surface area contributed by atoms with Crippen LogP contribution in [0.2, 0.25) is 0 Å². The van der Waals surface area contributed by atoms with Crippen LogP contribution in [0.1, 0.15) is 39.7 Å². The molecule has 0 unspecified atom stereocenters. The first-order valence-corrected chi connectivity index (χ1v) is 13.1. The van der Waals surface area contributed by atoms with E-state index in [0.717, 1.165) is 69.8 Å². The minimum atomic E-state index is -0.808. The van der Waals surface area contributed by atoms with Crippen molar-refractivity contribution < 1.29 is 13.5 Å². The third-order valence-electron chi connectivity index (χ3n) is 6.04. The van der Waals surface area contributed by atoms with Gasteiger partial charge < -0.3 is 20.3 Å². The van der Waals surface area contributed by atoms with Crippen LogP contribution in [-0.2, 0) is 11.3 Å². The minimum absolute atomic E-state index is 0.0905. The van der Waals surface area contributed by atoms with E-state index in [1.807, 2.05) is 26.8 Å². The third-order valence-corrected chi connectivity index (χ3v) is 6.04. The highest BCUT2D eigenvalue weighted by molar-refractivity contribution is 6.13. The molecule has 1 saturated heterocycles. The Morgan fingerprint density at radius 3 is 2.47 bits per heavy atom. The fraction of sp³-hybridized carbons (Fsp3) is 0.448. The molecule has 1 aliphatic heterocycles. The Kier molecular flexibility index (Phi) is 13.4. The monoisotopic (exact) mass is 528 g/mol. The second-order valence-corrected chi connectivity index (χ2v) is 9.22. The SMILES string of the molecule is C=CN(/C=C/C(=C\C(F)=C\OCCC)C(=Nc1ccc(CN2CCN(CC)CC2)cn1)/C(F)=C\N)C(C)C. The van der Waals surface area contributed by atoms with Gasteiger partial charge in [-0.25, -0.2) is 18.8 Å². The molecule has 0 atom stereocenters. The van der Waals surface area contributed by atoms with Gasteiger partial charge in [-0.3, -0.25) is 4.90 Å². The molecule has 38 heavy (non-hydrogen) atoms. The summed E-state index contributed by atoms with van der Waals surface area (Å²) in [5.74, 6) is -1.21. The van der Waals surface area contributed by atoms with Crippen LogP contribution in [0.3, 0.4) is 0 Å². The van der Waals surface area contributed by atoms with Crippen molar-refractivity contribution in [2.75, 3.05) is 39.3 Å². The van der Waals surface area contributed by atoms with Gasteiger partial charge in [0.25, 0.3) is 0 Å². The van der Waals surface area contributed by atoms with Crippen molar-refractivity contribution in [2.24, 2.45) is 10.7 Å². The molecule has 0 bridgehead atoms. The Labute approximate surface area is 226 Å². The number of nitrogens with zero attached hydrogens (tertiary/aromatic N) is 5. The van der Waals surface area contributed by atoms with Crippen molar-refractivity contribution in [3.05, 3.63) is 84.7 Å². The van der Waals surface area contributed by atoms with Crippen molar-refractivity contribution in [3.63, 3.8) is 0 Å². The number of aliphatic imine (C=N–C) groups is 1. The summed E-state index contributed by atoms with van der Waals surface area (Å²) in [6, 6.07) is 3.74. The number of pyridine rings is 1. The lowest BCUT2D eigenvalue weighted by Gasteiger charge is -2.33. The van der Waals surface area contributed by atoms with Crippen LogP contribution in [-0.4, -0.2) is 70.8 Å². The lowest BCUT2D eigenvalue weighted by atomic mass is 10.1. The molecule has 0 radical (unpaired) electrons. The molecule has 208 valence electrons. The summed E-state index contributed by atoms with van der Waals surface area (Å²) in [5.41, 5.74) is 6.57. The average Bonchev–Trinajstić information content (AvgIpc) is 2.92. The second-order valence-electron chi connectivity index (χ2n) is 9.22. The highest BCUT2D eigenvalue weighted by Gasteiger charge is 2.16. The number of nitrogens with two attached hydrogens (primary N) is 1. The Hall–Kier alpha value is -3.30. The van der Waals surface area contributed by atoms with E-state index in [-0.39, 0.29) is 23.1 Å². The summed E-state index contributed by atoms with van der Waals surface area (Å²) in [4.78, 5) is 15.4. The first-order valence-electron chi connectivity index (χ1n) is 13.1. The van der Waals surface area contributed by atoms with E-state index >= 15 is 0 Å². The average molecular weight is 529 g/mol. The zero-order valence-electron chi connectivity index (χ0n) is 23.1. The molecule has 0 spiro atoms. The molecule has 1 fully saturated rings. The molecule has 2 N–H and O–H groups in total. The van der Waals surface area contributed by atoms with Gasteiger partial charge in [-0.15, -0.1) is 0 Å². The number of ether oxygens (including phenoxy) is 1. The standard InChI is InChI=1S/C29H42F2N6O/c1-6-17-38-22-26(30)18-25(11-12-37(8-3)23(4)5)29(27(31)19-32)34-28-10-9-24(20-33-28)21-36-15-13-35(7-2)14-16-36/h8-12,18-20,22-23H,3,6-7,13-17,21,32H2,1-2,4-5H3/b12-11+,25-18+,26-22-,27-19+,34-29?. The predicted molar refractivity (Wildman–Crippen MR) is 152 cm³/mol. The summed E-state index contributed by atoms with van der Waals surface area (Å²) in [6.07, 6.45) is 10.3. The van der Waals surface area contributed by atoms with E-state index in [9.17, 15) is 8.78 Å². The van der Waals surface area contributed by atoms with Crippen LogP contribution < -0.4 is 5.73 Å². The Morgan fingerprint density at radius 1 is 1.21 bits per heavy atom. The molecule has 1 aromatic heterocycles. The van der Waals surface area contributed by atoms with Gasteiger partial charge in [0, 0.05) is 62.9 Å². The minimum Gasteiger partial charge on any atom is -0.498 e. The largest absolute Gasteiger partial charge is 0.498 e. The zero-order valence-corrected chi connectivity index (χ0v) is 23.1. The predicted octanol–water partition coefficient (Wildman–Crippen LogP) is 5.59. The van der Waals surface area contributed by atoms with Crippen LogP contribution in [0.5, 0.6) is 0 Å². The van der Waals surface area contributed by atoms with Gasteiger partial charge in [0.15, 0.2) is 17.5 Å². The van der Waals surface area contributed by atoms with Gasteiger partial charge in [-0.1, -0.05) is 26.5 Å². The highest BCUT2D eigenvalue weighted by atomic mass is 19.1. The lowest BCUT2D eigenvalue weighted by Crippen LogP contribution is -2.45. The highest BCUT2D eigenvalue weighted by Crippen LogP contribution is 2.20. The summed E-state index contributed by atoms with van der Waals surface area (Å²) < 4.78 is 34.8. The van der Waals surface area contributed by atoms with E-state index < -0.39 is 11.7 Å².